The Morgan fingerprint density at radius 3 is 2.39 bits per heavy atom. The third kappa shape index (κ3) is 7.33. The van der Waals surface area contributed by atoms with Crippen molar-refractivity contribution in [3.8, 4) is 22.8 Å². The van der Waals surface area contributed by atoms with Gasteiger partial charge in [-0.15, -0.1) is 11.8 Å². The lowest BCUT2D eigenvalue weighted by Gasteiger charge is -2.32. The first kappa shape index (κ1) is 36.9. The van der Waals surface area contributed by atoms with Gasteiger partial charge in [-0.1, -0.05) is 30.7 Å². The van der Waals surface area contributed by atoms with Crippen molar-refractivity contribution in [1.29, 1.82) is 0 Å². The number of unbranched alkanes of at least 4 members (excludes halogenated alkanes) is 2. The number of thioether (sulfide) groups is 1. The molecule has 1 atom stereocenters. The number of piperidine rings is 2. The lowest BCUT2D eigenvalue weighted by atomic mass is 10.0. The van der Waals surface area contributed by atoms with Crippen LogP contribution in [-0.2, 0) is 14.4 Å². The number of amides is 5. The number of benzene rings is 3. The van der Waals surface area contributed by atoms with Crippen LogP contribution in [0.25, 0.3) is 22.3 Å². The number of hydrogen-bond acceptors (Lipinski definition) is 11. The lowest BCUT2D eigenvalue weighted by molar-refractivity contribution is -0.136. The second kappa shape index (κ2) is 15.9. The molecule has 56 heavy (non-hydrogen) atoms. The number of hydrogen-bond donors (Lipinski definition) is 2. The van der Waals surface area contributed by atoms with Gasteiger partial charge in [0.2, 0.25) is 17.7 Å². The highest BCUT2D eigenvalue weighted by atomic mass is 32.2. The van der Waals surface area contributed by atoms with E-state index in [2.05, 4.69) is 15.3 Å². The van der Waals surface area contributed by atoms with E-state index in [-0.39, 0.29) is 30.4 Å². The fourth-order valence-corrected chi connectivity index (χ4v) is 8.70. The van der Waals surface area contributed by atoms with Crippen LogP contribution in [0.5, 0.6) is 11.5 Å². The number of fused-ring (bicyclic) bond motifs is 2. The Kier molecular flexibility index (Phi) is 10.5. The minimum Gasteiger partial charge on any atom is -0.457 e. The predicted molar refractivity (Wildman–Crippen MR) is 209 cm³/mol. The quantitative estimate of drug-likeness (QED) is 0.0890. The number of ether oxygens (including phenoxy) is 1. The molecule has 0 aliphatic carbocycles. The summed E-state index contributed by atoms with van der Waals surface area (Å²) in [6, 6.07) is 21.5. The van der Waals surface area contributed by atoms with E-state index in [0.717, 1.165) is 48.3 Å². The van der Waals surface area contributed by atoms with E-state index >= 15 is 0 Å². The summed E-state index contributed by atoms with van der Waals surface area (Å²) in [5, 5.41) is 7.94. The molecule has 2 aromatic heterocycles. The van der Waals surface area contributed by atoms with Gasteiger partial charge in [-0.3, -0.25) is 34.2 Å². The maximum atomic E-state index is 13.4. The summed E-state index contributed by atoms with van der Waals surface area (Å²) >= 11 is 1.49. The molecule has 1 unspecified atom stereocenters. The van der Waals surface area contributed by atoms with Crippen molar-refractivity contribution in [3.05, 3.63) is 90.3 Å². The van der Waals surface area contributed by atoms with Gasteiger partial charge < -0.3 is 15.4 Å². The summed E-state index contributed by atoms with van der Waals surface area (Å²) in [6.07, 6.45) is 5.96. The molecule has 5 heterocycles. The van der Waals surface area contributed by atoms with Gasteiger partial charge in [0.25, 0.3) is 11.8 Å². The Morgan fingerprint density at radius 2 is 1.62 bits per heavy atom. The van der Waals surface area contributed by atoms with Crippen molar-refractivity contribution in [2.24, 2.45) is 0 Å². The third-order valence-electron chi connectivity index (χ3n) is 10.5. The number of aromatic nitrogens is 4. The van der Waals surface area contributed by atoms with Crippen LogP contribution in [0.4, 0.5) is 5.82 Å². The van der Waals surface area contributed by atoms with Crippen molar-refractivity contribution in [2.75, 3.05) is 24.6 Å². The monoisotopic (exact) mass is 772 g/mol. The topological polar surface area (TPSA) is 183 Å². The SMILES string of the molecule is Nc1ncnc2c1c(-c1ccc(Oc3ccccc3)cc1)nn2C1CCN(C(=O)CCCCCSc2cccc3c2C(=O)N(C2CCC(=O)NC2=O)C3=O)CC1. The molecule has 2 fully saturated rings. The van der Waals surface area contributed by atoms with Crippen molar-refractivity contribution in [3.63, 3.8) is 0 Å². The highest BCUT2D eigenvalue weighted by Crippen LogP contribution is 2.37. The maximum Gasteiger partial charge on any atom is 0.263 e. The molecule has 3 aliphatic rings. The second-order valence-corrected chi connectivity index (χ2v) is 15.2. The molecular weight excluding hydrogens is 733 g/mol. The van der Waals surface area contributed by atoms with Gasteiger partial charge in [0.1, 0.15) is 35.4 Å². The summed E-state index contributed by atoms with van der Waals surface area (Å²) in [5.74, 6) is 0.602. The molecule has 2 saturated heterocycles. The molecule has 14 nitrogen and oxygen atoms in total. The number of carbonyl (C=O) groups excluding carboxylic acids is 5. The molecule has 0 spiro atoms. The van der Waals surface area contributed by atoms with Crippen LogP contribution >= 0.6 is 11.8 Å². The average molecular weight is 773 g/mol. The molecule has 286 valence electrons. The van der Waals surface area contributed by atoms with Crippen LogP contribution in [0.15, 0.2) is 84.0 Å². The summed E-state index contributed by atoms with van der Waals surface area (Å²) < 4.78 is 7.91. The number of para-hydroxylation sites is 1. The molecule has 0 radical (unpaired) electrons. The van der Waals surface area contributed by atoms with Crippen LogP contribution in [0.3, 0.4) is 0 Å². The average Bonchev–Trinajstić information content (AvgIpc) is 3.72. The summed E-state index contributed by atoms with van der Waals surface area (Å²) in [5.41, 5.74) is 9.20. The van der Waals surface area contributed by atoms with Crippen LogP contribution in [-0.4, -0.2) is 84.0 Å². The van der Waals surface area contributed by atoms with E-state index < -0.39 is 29.7 Å². The minimum atomic E-state index is -0.996. The number of likely N-dealkylation sites (tertiary alicyclic amines) is 1. The molecule has 3 aromatic carbocycles. The van der Waals surface area contributed by atoms with Crippen LogP contribution < -0.4 is 15.8 Å². The molecule has 8 rings (SSSR count). The summed E-state index contributed by atoms with van der Waals surface area (Å²) in [6.45, 7) is 1.23. The van der Waals surface area contributed by atoms with Crippen molar-refractivity contribution < 1.29 is 28.7 Å². The Balaban J connectivity index is 0.819. The fraction of sp³-hybridized carbons (Fsp3) is 0.317. The van der Waals surface area contributed by atoms with Gasteiger partial charge in [0.05, 0.1) is 22.6 Å². The van der Waals surface area contributed by atoms with E-state index in [4.69, 9.17) is 15.6 Å². The number of imide groups is 2. The largest absolute Gasteiger partial charge is 0.457 e. The number of anilines is 1. The van der Waals surface area contributed by atoms with E-state index in [0.29, 0.717) is 64.0 Å². The van der Waals surface area contributed by atoms with Gasteiger partial charge in [-0.2, -0.15) is 5.10 Å². The van der Waals surface area contributed by atoms with E-state index in [1.807, 2.05) is 70.2 Å². The van der Waals surface area contributed by atoms with Crippen molar-refractivity contribution in [1.82, 2.24) is 34.9 Å². The zero-order valence-electron chi connectivity index (χ0n) is 30.6. The number of nitrogens with two attached hydrogens (primary N) is 1. The van der Waals surface area contributed by atoms with Crippen LogP contribution in [0.2, 0.25) is 0 Å². The number of carbonyl (C=O) groups is 5. The van der Waals surface area contributed by atoms with Gasteiger partial charge in [-0.05, 0) is 86.4 Å². The first-order chi connectivity index (χ1) is 27.3. The molecule has 0 saturated carbocycles. The first-order valence-corrected chi connectivity index (χ1v) is 19.8. The third-order valence-corrected chi connectivity index (χ3v) is 11.7. The number of rotatable bonds is 12. The molecular formula is C41H40N8O6S. The van der Waals surface area contributed by atoms with Crippen molar-refractivity contribution in [2.45, 2.75) is 68.3 Å². The Labute approximate surface area is 326 Å². The predicted octanol–water partition coefficient (Wildman–Crippen LogP) is 5.79. The number of nitrogens with one attached hydrogen (secondary N) is 1. The zero-order valence-corrected chi connectivity index (χ0v) is 31.4. The smallest absolute Gasteiger partial charge is 0.263 e. The normalized spacial score (nSPS) is 17.4. The van der Waals surface area contributed by atoms with Gasteiger partial charge in [0.15, 0.2) is 5.65 Å². The molecule has 5 aromatic rings. The van der Waals surface area contributed by atoms with Crippen LogP contribution in [0.1, 0.15) is 78.1 Å². The Morgan fingerprint density at radius 1 is 0.857 bits per heavy atom. The Hall–Kier alpha value is -6.09. The minimum absolute atomic E-state index is 0.0417. The number of nitrogen functional groups attached to an aromatic ring is 1. The maximum absolute atomic E-state index is 13.4. The molecule has 5 amide bonds. The molecule has 3 N–H and O–H groups in total. The standard InChI is InChI=1S/C41H40N8O6S/c42-37-35-36(25-13-15-28(16-14-25)55-27-8-3-1-4-9-27)46-49(38(35)44-24-43-37)26-19-21-47(22-20-26)33(51)12-5-2-6-23-56-31-11-7-10-29-34(31)41(54)48(40(29)53)30-17-18-32(50)45-39(30)52/h1,3-4,7-11,13-16,24,26,30H,2,5-6,12,17-23H2,(H2,42,43,44)(H,45,50,52). The van der Waals surface area contributed by atoms with Crippen LogP contribution in [0, 0.1) is 0 Å². The number of nitrogens with zero attached hydrogens (tertiary/aromatic N) is 6. The first-order valence-electron chi connectivity index (χ1n) is 18.8. The van der Waals surface area contributed by atoms with Gasteiger partial charge >= 0.3 is 0 Å². The van der Waals surface area contributed by atoms with Gasteiger partial charge in [0, 0.05) is 36.4 Å². The molecule has 15 heteroatoms. The highest BCUT2D eigenvalue weighted by molar-refractivity contribution is 7.99. The van der Waals surface area contributed by atoms with Gasteiger partial charge in [-0.25, -0.2) is 14.6 Å². The highest BCUT2D eigenvalue weighted by Gasteiger charge is 2.45. The summed E-state index contributed by atoms with van der Waals surface area (Å²) in [4.78, 5) is 76.2. The lowest BCUT2D eigenvalue weighted by Crippen LogP contribution is -2.54. The Bertz CT molecular complexity index is 2320. The zero-order chi connectivity index (χ0) is 38.8. The van der Waals surface area contributed by atoms with E-state index in [1.165, 1.54) is 18.1 Å². The van der Waals surface area contributed by atoms with Crippen molar-refractivity contribution >= 4 is 58.1 Å². The molecule has 0 bridgehead atoms. The second-order valence-electron chi connectivity index (χ2n) is 14.1. The fourth-order valence-electron chi connectivity index (χ4n) is 7.62. The van der Waals surface area contributed by atoms with E-state index in [9.17, 15) is 24.0 Å². The molecule has 3 aliphatic heterocycles. The summed E-state index contributed by atoms with van der Waals surface area (Å²) in [7, 11) is 0. The van der Waals surface area contributed by atoms with E-state index in [1.54, 1.807) is 12.1 Å².